The van der Waals surface area contributed by atoms with Gasteiger partial charge in [0.1, 0.15) is 5.82 Å². The molecule has 2 aromatic heterocycles. The van der Waals surface area contributed by atoms with Gasteiger partial charge in [-0.05, 0) is 25.0 Å². The van der Waals surface area contributed by atoms with Crippen molar-refractivity contribution >= 4 is 42.4 Å². The Hall–Kier alpha value is -2.16. The van der Waals surface area contributed by atoms with Gasteiger partial charge in [0.05, 0.1) is 30.5 Å². The molecule has 0 fully saturated rings. The molecule has 0 radical (unpaired) electrons. The Labute approximate surface area is 171 Å². The fourth-order valence-electron chi connectivity index (χ4n) is 2.19. The van der Waals surface area contributed by atoms with Gasteiger partial charge in [0.25, 0.3) is 0 Å². The molecule has 2 heterocycles. The molecule has 0 aromatic carbocycles. The van der Waals surface area contributed by atoms with Crippen molar-refractivity contribution in [2.45, 2.75) is 33.4 Å². The summed E-state index contributed by atoms with van der Waals surface area (Å²) in [4.78, 5) is 28.2. The van der Waals surface area contributed by atoms with E-state index in [1.165, 1.54) is 0 Å². The number of rotatable bonds is 7. The molecule has 4 N–H and O–H groups in total. The van der Waals surface area contributed by atoms with Gasteiger partial charge in [-0.2, -0.15) is 5.10 Å². The summed E-state index contributed by atoms with van der Waals surface area (Å²) >= 11 is 0. The first kappa shape index (κ1) is 24.8. The number of carbonyl (C=O) groups excluding carboxylic acids is 2. The molecule has 2 aromatic rings. The van der Waals surface area contributed by atoms with E-state index in [2.05, 4.69) is 20.7 Å². The number of nitrogens with two attached hydrogens (primary N) is 1. The highest BCUT2D eigenvalue weighted by molar-refractivity contribution is 5.94. The van der Waals surface area contributed by atoms with Crippen molar-refractivity contribution in [3.05, 3.63) is 41.9 Å². The number of hydrogen-bond donors (Lipinski definition) is 3. The first-order chi connectivity index (χ1) is 11.9. The van der Waals surface area contributed by atoms with Crippen LogP contribution in [0, 0.1) is 12.8 Å². The number of amides is 2. The summed E-state index contributed by atoms with van der Waals surface area (Å²) in [6, 6.07) is 6.75. The van der Waals surface area contributed by atoms with Crippen molar-refractivity contribution in [1.82, 2.24) is 20.1 Å². The molecule has 0 aliphatic carbocycles. The first-order valence-electron chi connectivity index (χ1n) is 8.14. The maximum Gasteiger partial charge on any atom is 0.244 e. The lowest BCUT2D eigenvalue weighted by molar-refractivity contribution is -0.125. The number of nitrogens with one attached hydrogen (secondary N) is 2. The minimum Gasteiger partial charge on any atom is -0.346 e. The molecular weight excluding hydrogens is 391 g/mol. The van der Waals surface area contributed by atoms with E-state index in [0.29, 0.717) is 12.4 Å². The van der Waals surface area contributed by atoms with Gasteiger partial charge in [0, 0.05) is 12.3 Å². The van der Waals surface area contributed by atoms with Crippen LogP contribution in [0.5, 0.6) is 0 Å². The van der Waals surface area contributed by atoms with E-state index in [1.807, 2.05) is 39.0 Å². The Morgan fingerprint density at radius 1 is 1.26 bits per heavy atom. The fraction of sp³-hybridized carbons (Fsp3) is 0.412. The molecule has 0 spiro atoms. The van der Waals surface area contributed by atoms with E-state index in [9.17, 15) is 9.59 Å². The highest BCUT2D eigenvalue weighted by Gasteiger charge is 2.18. The molecular formula is C17H26Cl2N6O2. The molecule has 0 saturated heterocycles. The average molecular weight is 417 g/mol. The summed E-state index contributed by atoms with van der Waals surface area (Å²) in [6.07, 6.45) is 1.71. The van der Waals surface area contributed by atoms with Crippen LogP contribution in [0.15, 0.2) is 30.5 Å². The van der Waals surface area contributed by atoms with Gasteiger partial charge in [-0.25, -0.2) is 4.68 Å². The topological polar surface area (TPSA) is 115 Å². The van der Waals surface area contributed by atoms with Crippen LogP contribution in [0.4, 0.5) is 5.82 Å². The Morgan fingerprint density at radius 2 is 1.96 bits per heavy atom. The zero-order chi connectivity index (χ0) is 18.4. The summed E-state index contributed by atoms with van der Waals surface area (Å²) in [5.74, 6) is -0.129. The molecule has 0 aliphatic rings. The number of hydrogen-bond acceptors (Lipinski definition) is 5. The van der Waals surface area contributed by atoms with Crippen LogP contribution < -0.4 is 16.4 Å². The van der Waals surface area contributed by atoms with E-state index in [4.69, 9.17) is 5.73 Å². The standard InChI is InChI=1S/C17H24N6O2.2ClH/c1-11(2)16(18)17(25)20-9-15(24)21-14-8-12(3)22-23(14)10-13-6-4-5-7-19-13;;/h4-8,11,16H,9-10,18H2,1-3H3,(H,20,25)(H,21,24);2*1H/t16-;;/m0../s1. The molecule has 2 rings (SSSR count). The van der Waals surface area contributed by atoms with E-state index < -0.39 is 6.04 Å². The third-order valence-corrected chi connectivity index (χ3v) is 3.65. The molecule has 150 valence electrons. The third kappa shape index (κ3) is 7.54. The van der Waals surface area contributed by atoms with Crippen molar-refractivity contribution < 1.29 is 9.59 Å². The predicted octanol–water partition coefficient (Wildman–Crippen LogP) is 1.52. The van der Waals surface area contributed by atoms with Crippen LogP contribution in [-0.2, 0) is 16.1 Å². The van der Waals surface area contributed by atoms with Crippen molar-refractivity contribution in [1.29, 1.82) is 0 Å². The van der Waals surface area contributed by atoms with Gasteiger partial charge >= 0.3 is 0 Å². The number of carbonyl (C=O) groups is 2. The van der Waals surface area contributed by atoms with Crippen molar-refractivity contribution in [2.75, 3.05) is 11.9 Å². The minimum absolute atomic E-state index is 0. The van der Waals surface area contributed by atoms with E-state index in [1.54, 1.807) is 16.9 Å². The number of anilines is 1. The minimum atomic E-state index is -0.635. The number of nitrogens with zero attached hydrogens (tertiary/aromatic N) is 3. The second-order valence-corrected chi connectivity index (χ2v) is 6.19. The predicted molar refractivity (Wildman–Crippen MR) is 109 cm³/mol. The summed E-state index contributed by atoms with van der Waals surface area (Å²) in [7, 11) is 0. The summed E-state index contributed by atoms with van der Waals surface area (Å²) < 4.78 is 1.66. The lowest BCUT2D eigenvalue weighted by Crippen LogP contribution is -2.46. The Bertz CT molecular complexity index is 736. The molecule has 8 nitrogen and oxygen atoms in total. The second kappa shape index (κ2) is 11.5. The van der Waals surface area contributed by atoms with Crippen LogP contribution >= 0.6 is 24.8 Å². The van der Waals surface area contributed by atoms with E-state index in [0.717, 1.165) is 11.4 Å². The Kier molecular flexibility index (Phi) is 10.6. The number of halogens is 2. The highest BCUT2D eigenvalue weighted by Crippen LogP contribution is 2.12. The monoisotopic (exact) mass is 416 g/mol. The van der Waals surface area contributed by atoms with Crippen LogP contribution in [0.2, 0.25) is 0 Å². The van der Waals surface area contributed by atoms with Crippen molar-refractivity contribution in [3.8, 4) is 0 Å². The highest BCUT2D eigenvalue weighted by atomic mass is 35.5. The molecule has 1 atom stereocenters. The number of aromatic nitrogens is 3. The number of aryl methyl sites for hydroxylation is 1. The van der Waals surface area contributed by atoms with Crippen LogP contribution in [0.3, 0.4) is 0 Å². The molecule has 0 bridgehead atoms. The molecule has 2 amide bonds. The quantitative estimate of drug-likeness (QED) is 0.632. The average Bonchev–Trinajstić information content (AvgIpc) is 2.91. The molecule has 0 unspecified atom stereocenters. The maximum absolute atomic E-state index is 12.1. The van der Waals surface area contributed by atoms with E-state index >= 15 is 0 Å². The van der Waals surface area contributed by atoms with Crippen LogP contribution in [-0.4, -0.2) is 39.2 Å². The van der Waals surface area contributed by atoms with Crippen molar-refractivity contribution in [3.63, 3.8) is 0 Å². The Morgan fingerprint density at radius 3 is 2.56 bits per heavy atom. The summed E-state index contributed by atoms with van der Waals surface area (Å²) in [6.45, 7) is 5.84. The lowest BCUT2D eigenvalue weighted by Gasteiger charge is -2.15. The third-order valence-electron chi connectivity index (χ3n) is 3.65. The van der Waals surface area contributed by atoms with Crippen LogP contribution in [0.1, 0.15) is 25.2 Å². The van der Waals surface area contributed by atoms with Gasteiger partial charge in [-0.3, -0.25) is 14.6 Å². The largest absolute Gasteiger partial charge is 0.346 e. The molecule has 0 saturated carbocycles. The first-order valence-corrected chi connectivity index (χ1v) is 8.14. The smallest absolute Gasteiger partial charge is 0.244 e. The Balaban J connectivity index is 0.00000338. The maximum atomic E-state index is 12.1. The lowest BCUT2D eigenvalue weighted by atomic mass is 10.1. The second-order valence-electron chi connectivity index (χ2n) is 6.19. The van der Waals surface area contributed by atoms with Gasteiger partial charge < -0.3 is 16.4 Å². The SMILES string of the molecule is Cc1cc(NC(=O)CNC(=O)[C@@H](N)C(C)C)n(Cc2ccccn2)n1.Cl.Cl. The normalized spacial score (nSPS) is 11.1. The molecule has 0 aliphatic heterocycles. The zero-order valence-corrected chi connectivity index (χ0v) is 17.1. The zero-order valence-electron chi connectivity index (χ0n) is 15.5. The summed E-state index contributed by atoms with van der Waals surface area (Å²) in [5, 5.41) is 9.66. The van der Waals surface area contributed by atoms with Gasteiger partial charge in [0.2, 0.25) is 11.8 Å². The molecule has 10 heteroatoms. The van der Waals surface area contributed by atoms with Gasteiger partial charge in [-0.15, -0.1) is 24.8 Å². The molecule has 27 heavy (non-hydrogen) atoms. The van der Waals surface area contributed by atoms with E-state index in [-0.39, 0.29) is 49.1 Å². The van der Waals surface area contributed by atoms with Gasteiger partial charge in [0.15, 0.2) is 0 Å². The van der Waals surface area contributed by atoms with Crippen molar-refractivity contribution in [2.24, 2.45) is 11.7 Å². The fourth-order valence-corrected chi connectivity index (χ4v) is 2.19. The number of pyridine rings is 1. The summed E-state index contributed by atoms with van der Waals surface area (Å²) in [5.41, 5.74) is 7.35. The van der Waals surface area contributed by atoms with Gasteiger partial charge in [-0.1, -0.05) is 19.9 Å². The van der Waals surface area contributed by atoms with Crippen LogP contribution in [0.25, 0.3) is 0 Å².